The number of carbonyl (C=O) groups is 2. The van der Waals surface area contributed by atoms with E-state index in [0.29, 0.717) is 11.1 Å². The number of esters is 2. The molecule has 0 spiro atoms. The first kappa shape index (κ1) is 16.2. The topological polar surface area (TPSA) is 61.8 Å². The monoisotopic (exact) mass is 304 g/mol. The van der Waals surface area contributed by atoms with Gasteiger partial charge >= 0.3 is 11.9 Å². The third kappa shape index (κ3) is 2.52. The molecule has 1 aliphatic rings. The largest absolute Gasteiger partial charge is 0.465 e. The van der Waals surface area contributed by atoms with E-state index in [2.05, 4.69) is 6.58 Å². The zero-order chi connectivity index (χ0) is 16.2. The van der Waals surface area contributed by atoms with Crippen molar-refractivity contribution < 1.29 is 23.8 Å². The van der Waals surface area contributed by atoms with Gasteiger partial charge in [0.15, 0.2) is 0 Å². The molecule has 2 rings (SSSR count). The third-order valence-electron chi connectivity index (χ3n) is 3.67. The Balaban J connectivity index is 2.53. The molecule has 1 aromatic carbocycles. The predicted octanol–water partition coefficient (Wildman–Crippen LogP) is 2.43. The van der Waals surface area contributed by atoms with Gasteiger partial charge in [-0.2, -0.15) is 0 Å². The smallest absolute Gasteiger partial charge is 0.330 e. The zero-order valence-electron chi connectivity index (χ0n) is 12.8. The van der Waals surface area contributed by atoms with Crippen LogP contribution in [0.4, 0.5) is 0 Å². The number of rotatable bonds is 5. The Morgan fingerprint density at radius 1 is 1.18 bits per heavy atom. The van der Waals surface area contributed by atoms with Gasteiger partial charge in [0.05, 0.1) is 19.8 Å². The number of hydrogen-bond acceptors (Lipinski definition) is 5. The van der Waals surface area contributed by atoms with Crippen LogP contribution in [0.1, 0.15) is 25.5 Å². The molecule has 118 valence electrons. The lowest BCUT2D eigenvalue weighted by molar-refractivity contribution is -0.174. The summed E-state index contributed by atoms with van der Waals surface area (Å²) in [5.41, 5.74) is -0.576. The first-order chi connectivity index (χ1) is 10.6. The zero-order valence-corrected chi connectivity index (χ0v) is 12.8. The fourth-order valence-corrected chi connectivity index (χ4v) is 2.66. The summed E-state index contributed by atoms with van der Waals surface area (Å²) >= 11 is 0. The van der Waals surface area contributed by atoms with Crippen LogP contribution >= 0.6 is 0 Å². The van der Waals surface area contributed by atoms with Crippen molar-refractivity contribution in [2.45, 2.75) is 20.0 Å². The Morgan fingerprint density at radius 3 is 2.23 bits per heavy atom. The summed E-state index contributed by atoms with van der Waals surface area (Å²) in [5, 5.41) is 0. The van der Waals surface area contributed by atoms with E-state index in [1.807, 2.05) is 18.2 Å². The van der Waals surface area contributed by atoms with Crippen LogP contribution in [-0.2, 0) is 23.8 Å². The summed E-state index contributed by atoms with van der Waals surface area (Å²) in [7, 11) is 0. The lowest BCUT2D eigenvalue weighted by Gasteiger charge is -2.30. The number of carbonyl (C=O) groups excluding carboxylic acids is 2. The summed E-state index contributed by atoms with van der Waals surface area (Å²) in [6.45, 7) is 7.67. The van der Waals surface area contributed by atoms with Crippen LogP contribution < -0.4 is 0 Å². The van der Waals surface area contributed by atoms with Crippen LogP contribution in [0, 0.1) is 5.41 Å². The van der Waals surface area contributed by atoms with Gasteiger partial charge < -0.3 is 14.2 Å². The van der Waals surface area contributed by atoms with Gasteiger partial charge in [0.25, 0.3) is 0 Å². The van der Waals surface area contributed by atoms with Gasteiger partial charge in [-0.1, -0.05) is 36.9 Å². The first-order valence-corrected chi connectivity index (χ1v) is 7.28. The molecular weight excluding hydrogens is 284 g/mol. The predicted molar refractivity (Wildman–Crippen MR) is 80.0 cm³/mol. The minimum Gasteiger partial charge on any atom is -0.465 e. The minimum atomic E-state index is -1.65. The fraction of sp³-hybridized carbons (Fsp3) is 0.412. The first-order valence-electron chi connectivity index (χ1n) is 7.28. The maximum atomic E-state index is 12.6. The molecule has 0 unspecified atom stereocenters. The number of ether oxygens (including phenoxy) is 3. The van der Waals surface area contributed by atoms with Gasteiger partial charge in [-0.3, -0.25) is 9.59 Å². The molecule has 0 saturated carbocycles. The minimum absolute atomic E-state index is 0.108. The standard InChI is InChI=1S/C17H20O5/c1-4-20-15(18)17(16(19)21-5-2)12(3)11-22-14(17)13-9-7-6-8-10-13/h6-10,14H,3-5,11H2,1-2H3/t14-/m0/s1. The van der Waals surface area contributed by atoms with Gasteiger partial charge in [-0.05, 0) is 25.0 Å². The van der Waals surface area contributed by atoms with E-state index >= 15 is 0 Å². The van der Waals surface area contributed by atoms with Crippen molar-refractivity contribution in [2.75, 3.05) is 19.8 Å². The summed E-state index contributed by atoms with van der Waals surface area (Å²) in [6, 6.07) is 9.10. The molecule has 22 heavy (non-hydrogen) atoms. The average Bonchev–Trinajstić information content (AvgIpc) is 2.87. The highest BCUT2D eigenvalue weighted by Crippen LogP contribution is 2.50. The van der Waals surface area contributed by atoms with Crippen molar-refractivity contribution in [2.24, 2.45) is 5.41 Å². The van der Waals surface area contributed by atoms with Crippen molar-refractivity contribution >= 4 is 11.9 Å². The van der Waals surface area contributed by atoms with Gasteiger partial charge in [-0.15, -0.1) is 0 Å². The molecular formula is C17H20O5. The van der Waals surface area contributed by atoms with Crippen molar-refractivity contribution in [1.29, 1.82) is 0 Å². The second-order valence-electron chi connectivity index (χ2n) is 4.95. The molecule has 1 saturated heterocycles. The summed E-state index contributed by atoms with van der Waals surface area (Å²) < 4.78 is 16.0. The Kier molecular flexibility index (Phi) is 4.98. The Morgan fingerprint density at radius 2 is 1.73 bits per heavy atom. The SMILES string of the molecule is C=C1CO[C@@H](c2ccccc2)C1(C(=O)OCC)C(=O)OCC. The molecule has 1 aromatic rings. The van der Waals surface area contributed by atoms with Gasteiger partial charge in [0, 0.05) is 0 Å². The van der Waals surface area contributed by atoms with Crippen LogP contribution in [0.5, 0.6) is 0 Å². The average molecular weight is 304 g/mol. The van der Waals surface area contributed by atoms with Crippen LogP contribution in [0.25, 0.3) is 0 Å². The van der Waals surface area contributed by atoms with E-state index in [1.165, 1.54) is 0 Å². The molecule has 0 aromatic heterocycles. The lowest BCUT2D eigenvalue weighted by atomic mass is 9.75. The molecule has 1 fully saturated rings. The maximum absolute atomic E-state index is 12.6. The number of hydrogen-bond donors (Lipinski definition) is 0. The van der Waals surface area contributed by atoms with Crippen molar-refractivity contribution in [1.82, 2.24) is 0 Å². The highest BCUT2D eigenvalue weighted by Gasteiger charge is 2.61. The summed E-state index contributed by atoms with van der Waals surface area (Å²) in [6.07, 6.45) is -0.792. The molecule has 1 atom stereocenters. The van der Waals surface area contributed by atoms with Crippen LogP contribution in [0.15, 0.2) is 42.5 Å². The summed E-state index contributed by atoms with van der Waals surface area (Å²) in [4.78, 5) is 25.2. The second-order valence-corrected chi connectivity index (χ2v) is 4.95. The van der Waals surface area contributed by atoms with Gasteiger partial charge in [-0.25, -0.2) is 0 Å². The van der Waals surface area contributed by atoms with E-state index in [-0.39, 0.29) is 19.8 Å². The van der Waals surface area contributed by atoms with Crippen LogP contribution in [0.3, 0.4) is 0 Å². The van der Waals surface area contributed by atoms with Crippen LogP contribution in [0.2, 0.25) is 0 Å². The van der Waals surface area contributed by atoms with Crippen LogP contribution in [-0.4, -0.2) is 31.8 Å². The van der Waals surface area contributed by atoms with E-state index in [0.717, 1.165) is 0 Å². The van der Waals surface area contributed by atoms with Crippen molar-refractivity contribution in [3.8, 4) is 0 Å². The fourth-order valence-electron chi connectivity index (χ4n) is 2.66. The second kappa shape index (κ2) is 6.75. The van der Waals surface area contributed by atoms with E-state index in [4.69, 9.17) is 14.2 Å². The normalized spacial score (nSPS) is 19.7. The molecule has 5 heteroatoms. The van der Waals surface area contributed by atoms with Gasteiger partial charge in [0.2, 0.25) is 5.41 Å². The van der Waals surface area contributed by atoms with E-state index in [9.17, 15) is 9.59 Å². The quantitative estimate of drug-likeness (QED) is 0.475. The molecule has 0 bridgehead atoms. The van der Waals surface area contributed by atoms with Crippen molar-refractivity contribution in [3.63, 3.8) is 0 Å². The Bertz CT molecular complexity index is 546. The Labute approximate surface area is 129 Å². The molecule has 1 heterocycles. The van der Waals surface area contributed by atoms with Gasteiger partial charge in [0.1, 0.15) is 6.10 Å². The molecule has 0 radical (unpaired) electrons. The molecule has 5 nitrogen and oxygen atoms in total. The Hall–Kier alpha value is -2.14. The lowest BCUT2D eigenvalue weighted by Crippen LogP contribution is -2.45. The molecule has 0 N–H and O–H groups in total. The highest BCUT2D eigenvalue weighted by molar-refractivity contribution is 6.05. The van der Waals surface area contributed by atoms with Crippen molar-refractivity contribution in [3.05, 3.63) is 48.0 Å². The molecule has 1 aliphatic heterocycles. The number of benzene rings is 1. The van der Waals surface area contributed by atoms with E-state index < -0.39 is 23.5 Å². The van der Waals surface area contributed by atoms with E-state index in [1.54, 1.807) is 26.0 Å². The highest BCUT2D eigenvalue weighted by atomic mass is 16.6. The molecule has 0 aliphatic carbocycles. The maximum Gasteiger partial charge on any atom is 0.330 e. The molecule has 0 amide bonds. The third-order valence-corrected chi connectivity index (χ3v) is 3.67. The summed E-state index contributed by atoms with van der Waals surface area (Å²) in [5.74, 6) is -1.35.